The summed E-state index contributed by atoms with van der Waals surface area (Å²) >= 11 is 1.32. The molecule has 3 rings (SSSR count). The van der Waals surface area contributed by atoms with E-state index in [1.807, 2.05) is 0 Å². The van der Waals surface area contributed by atoms with Gasteiger partial charge in [-0.05, 0) is 12.8 Å². The van der Waals surface area contributed by atoms with Crippen LogP contribution in [-0.4, -0.2) is 35.1 Å². The Morgan fingerprint density at radius 3 is 2.95 bits per heavy atom. The first-order valence-corrected chi connectivity index (χ1v) is 8.77. The lowest BCUT2D eigenvalue weighted by atomic mass is 9.93. The number of nitrogen functional groups attached to an aromatic ring is 1. The van der Waals surface area contributed by atoms with Gasteiger partial charge in [0, 0.05) is 17.6 Å². The molecule has 2 unspecified atom stereocenters. The average Bonchev–Trinajstić information content (AvgIpc) is 2.91. The quantitative estimate of drug-likeness (QED) is 0.766. The van der Waals surface area contributed by atoms with Crippen molar-refractivity contribution >= 4 is 32.1 Å². The molecule has 0 spiro atoms. The van der Waals surface area contributed by atoms with Gasteiger partial charge in [0.15, 0.2) is 15.8 Å². The van der Waals surface area contributed by atoms with E-state index in [2.05, 4.69) is 9.71 Å². The summed E-state index contributed by atoms with van der Waals surface area (Å²) in [4.78, 5) is 4.56. The van der Waals surface area contributed by atoms with Gasteiger partial charge in [0.1, 0.15) is 0 Å². The van der Waals surface area contributed by atoms with Gasteiger partial charge in [-0.1, -0.05) is 12.8 Å². The maximum absolute atomic E-state index is 12.5. The molecular weight excluding hydrogens is 300 g/mol. The van der Waals surface area contributed by atoms with Crippen LogP contribution in [0.5, 0.6) is 0 Å². The summed E-state index contributed by atoms with van der Waals surface area (Å²) < 4.78 is 29.0. The summed E-state index contributed by atoms with van der Waals surface area (Å²) in [6.45, 7) is 0. The van der Waals surface area contributed by atoms with E-state index in [0.29, 0.717) is 17.8 Å². The summed E-state index contributed by atoms with van der Waals surface area (Å²) in [5, 5.41) is 11.6. The molecule has 1 fully saturated rings. The molecular formula is C11H16N4O3S2. The molecule has 2 aromatic heterocycles. The standard InChI is InChI=1S/C11H16N4O3S2/c12-9-10(15-5-6-19-11(15)13-9)20(17,18)14-7-3-1-2-4-8(7)16/h5-8,14,16H,1-4,12H2. The highest BCUT2D eigenvalue weighted by Crippen LogP contribution is 2.25. The van der Waals surface area contributed by atoms with Crippen molar-refractivity contribution in [2.75, 3.05) is 5.73 Å². The van der Waals surface area contributed by atoms with Crippen LogP contribution in [0.2, 0.25) is 0 Å². The lowest BCUT2D eigenvalue weighted by molar-refractivity contribution is 0.101. The van der Waals surface area contributed by atoms with Crippen molar-refractivity contribution in [3.63, 3.8) is 0 Å². The van der Waals surface area contributed by atoms with Gasteiger partial charge in [-0.3, -0.25) is 4.40 Å². The normalized spacial score (nSPS) is 24.2. The van der Waals surface area contributed by atoms with Gasteiger partial charge in [0.2, 0.25) is 0 Å². The number of nitrogens with zero attached hydrogens (tertiary/aromatic N) is 2. The second-order valence-corrected chi connectivity index (χ2v) is 7.44. The summed E-state index contributed by atoms with van der Waals surface area (Å²) in [5.74, 6) is -0.0188. The van der Waals surface area contributed by atoms with E-state index < -0.39 is 22.2 Å². The molecule has 2 heterocycles. The molecule has 9 heteroatoms. The van der Waals surface area contributed by atoms with Gasteiger partial charge in [-0.2, -0.15) is 0 Å². The Hall–Kier alpha value is -1.16. The monoisotopic (exact) mass is 316 g/mol. The van der Waals surface area contributed by atoms with E-state index in [-0.39, 0.29) is 10.8 Å². The Morgan fingerprint density at radius 1 is 1.45 bits per heavy atom. The van der Waals surface area contributed by atoms with Crippen molar-refractivity contribution in [1.82, 2.24) is 14.1 Å². The summed E-state index contributed by atoms with van der Waals surface area (Å²) in [5.41, 5.74) is 5.72. The van der Waals surface area contributed by atoms with Crippen LogP contribution < -0.4 is 10.5 Å². The molecule has 7 nitrogen and oxygen atoms in total. The van der Waals surface area contributed by atoms with E-state index in [0.717, 1.165) is 12.8 Å². The van der Waals surface area contributed by atoms with Crippen molar-refractivity contribution in [1.29, 1.82) is 0 Å². The van der Waals surface area contributed by atoms with Crippen LogP contribution in [0.25, 0.3) is 4.96 Å². The molecule has 0 aromatic carbocycles. The third kappa shape index (κ3) is 2.30. The van der Waals surface area contributed by atoms with Gasteiger partial charge < -0.3 is 10.8 Å². The third-order valence-electron chi connectivity index (χ3n) is 3.53. The summed E-state index contributed by atoms with van der Waals surface area (Å²) in [7, 11) is -3.80. The number of aromatic nitrogens is 2. The minimum absolute atomic E-state index is 0.0188. The molecule has 4 N–H and O–H groups in total. The Bertz CT molecular complexity index is 721. The average molecular weight is 316 g/mol. The number of anilines is 1. The molecule has 1 aliphatic carbocycles. The van der Waals surface area contributed by atoms with E-state index in [1.165, 1.54) is 15.7 Å². The summed E-state index contributed by atoms with van der Waals surface area (Å²) in [6.07, 6.45) is 4.04. The highest BCUT2D eigenvalue weighted by atomic mass is 32.2. The number of imidazole rings is 1. The minimum atomic E-state index is -3.80. The van der Waals surface area contributed by atoms with Crippen LogP contribution in [0, 0.1) is 0 Å². The topological polar surface area (TPSA) is 110 Å². The van der Waals surface area contributed by atoms with Crippen LogP contribution in [-0.2, 0) is 10.0 Å². The molecule has 2 aromatic rings. The summed E-state index contributed by atoms with van der Waals surface area (Å²) in [6, 6.07) is -0.461. The fourth-order valence-electron chi connectivity index (χ4n) is 2.55. The molecule has 0 aliphatic heterocycles. The molecule has 0 bridgehead atoms. The third-order valence-corrected chi connectivity index (χ3v) is 5.82. The highest BCUT2D eigenvalue weighted by Gasteiger charge is 2.31. The van der Waals surface area contributed by atoms with Crippen molar-refractivity contribution < 1.29 is 13.5 Å². The number of aliphatic hydroxyl groups excluding tert-OH is 1. The second-order valence-electron chi connectivity index (χ2n) is 4.94. The number of aliphatic hydroxyl groups is 1. The number of sulfonamides is 1. The van der Waals surface area contributed by atoms with Gasteiger partial charge in [-0.15, -0.1) is 11.3 Å². The predicted octanol–water partition coefficient (Wildman–Crippen LogP) is 0.560. The fourth-order valence-corrected chi connectivity index (χ4v) is 4.84. The predicted molar refractivity (Wildman–Crippen MR) is 76.1 cm³/mol. The number of nitrogens with two attached hydrogens (primary N) is 1. The van der Waals surface area contributed by atoms with E-state index in [9.17, 15) is 13.5 Å². The molecule has 20 heavy (non-hydrogen) atoms. The number of nitrogens with one attached hydrogen (secondary N) is 1. The SMILES string of the molecule is Nc1nc2sccn2c1S(=O)(=O)NC1CCCCC1O. The molecule has 0 radical (unpaired) electrons. The zero-order chi connectivity index (χ0) is 14.3. The molecule has 1 saturated carbocycles. The fraction of sp³-hybridized carbons (Fsp3) is 0.545. The number of hydrogen-bond donors (Lipinski definition) is 3. The Labute approximate surface area is 120 Å². The first-order valence-electron chi connectivity index (χ1n) is 6.40. The van der Waals surface area contributed by atoms with Crippen molar-refractivity contribution in [3.8, 4) is 0 Å². The molecule has 0 amide bonds. The smallest absolute Gasteiger partial charge is 0.260 e. The Balaban J connectivity index is 1.95. The first kappa shape index (κ1) is 13.8. The van der Waals surface area contributed by atoms with Crippen LogP contribution in [0.3, 0.4) is 0 Å². The first-order chi connectivity index (χ1) is 9.49. The van der Waals surface area contributed by atoms with E-state index in [1.54, 1.807) is 11.6 Å². The van der Waals surface area contributed by atoms with Crippen LogP contribution >= 0.6 is 11.3 Å². The van der Waals surface area contributed by atoms with Gasteiger partial charge >= 0.3 is 0 Å². The van der Waals surface area contributed by atoms with E-state index in [4.69, 9.17) is 5.73 Å². The van der Waals surface area contributed by atoms with Gasteiger partial charge in [-0.25, -0.2) is 18.1 Å². The number of rotatable bonds is 3. The van der Waals surface area contributed by atoms with Crippen LogP contribution in [0.4, 0.5) is 5.82 Å². The second kappa shape index (κ2) is 4.99. The zero-order valence-corrected chi connectivity index (χ0v) is 12.3. The van der Waals surface area contributed by atoms with Gasteiger partial charge in [0.25, 0.3) is 10.0 Å². The van der Waals surface area contributed by atoms with Gasteiger partial charge in [0.05, 0.1) is 6.10 Å². The Kier molecular flexibility index (Phi) is 3.44. The largest absolute Gasteiger partial charge is 0.391 e. The molecule has 1 aliphatic rings. The molecule has 0 saturated heterocycles. The maximum atomic E-state index is 12.5. The van der Waals surface area contributed by atoms with Crippen molar-refractivity contribution in [3.05, 3.63) is 11.6 Å². The highest BCUT2D eigenvalue weighted by molar-refractivity contribution is 7.89. The maximum Gasteiger partial charge on any atom is 0.260 e. The molecule has 110 valence electrons. The Morgan fingerprint density at radius 2 is 2.20 bits per heavy atom. The lowest BCUT2D eigenvalue weighted by Gasteiger charge is -2.27. The van der Waals surface area contributed by atoms with Crippen molar-refractivity contribution in [2.24, 2.45) is 0 Å². The lowest BCUT2D eigenvalue weighted by Crippen LogP contribution is -2.45. The minimum Gasteiger partial charge on any atom is -0.391 e. The van der Waals surface area contributed by atoms with Crippen LogP contribution in [0.15, 0.2) is 16.6 Å². The van der Waals surface area contributed by atoms with Crippen LogP contribution in [0.1, 0.15) is 25.7 Å². The van der Waals surface area contributed by atoms with Crippen molar-refractivity contribution in [2.45, 2.75) is 42.9 Å². The number of fused-ring (bicyclic) bond motifs is 1. The number of hydrogen-bond acceptors (Lipinski definition) is 6. The molecule has 2 atom stereocenters. The number of thiazole rings is 1. The van der Waals surface area contributed by atoms with E-state index >= 15 is 0 Å². The zero-order valence-electron chi connectivity index (χ0n) is 10.7.